The first-order valence-electron chi connectivity index (χ1n) is 6.76. The van der Waals surface area contributed by atoms with E-state index in [1.807, 2.05) is 37.3 Å². The lowest BCUT2D eigenvalue weighted by atomic mass is 10.1. The Morgan fingerprint density at radius 3 is 2.71 bits per heavy atom. The van der Waals surface area contributed by atoms with E-state index in [0.717, 1.165) is 18.9 Å². The Morgan fingerprint density at radius 2 is 2.05 bits per heavy atom. The second kappa shape index (κ2) is 6.83. The van der Waals surface area contributed by atoms with Gasteiger partial charge in [0.05, 0.1) is 0 Å². The van der Waals surface area contributed by atoms with Crippen molar-refractivity contribution in [3.05, 3.63) is 59.5 Å². The van der Waals surface area contributed by atoms with Gasteiger partial charge in [-0.3, -0.25) is 0 Å². The third-order valence-electron chi connectivity index (χ3n) is 3.21. The van der Waals surface area contributed by atoms with Crippen LogP contribution in [0.15, 0.2) is 42.6 Å². The molecule has 1 atom stereocenters. The molecule has 1 unspecified atom stereocenters. The van der Waals surface area contributed by atoms with Crippen LogP contribution in [0.2, 0.25) is 0 Å². The van der Waals surface area contributed by atoms with Crippen LogP contribution in [-0.2, 0) is 6.42 Å². The fourth-order valence-corrected chi connectivity index (χ4v) is 2.04. The summed E-state index contributed by atoms with van der Waals surface area (Å²) < 4.78 is 13.9. The number of rotatable bonds is 6. The standard InChI is InChI=1S/C16H17FN2O2/c1-11(7-8-12-5-3-2-4-6-12)19-15-14(17)13(16(20)21)9-10-18-15/h2-6,9-11H,7-8H2,1H3,(H,18,19)(H,20,21). The summed E-state index contributed by atoms with van der Waals surface area (Å²) in [6.45, 7) is 1.91. The lowest BCUT2D eigenvalue weighted by Gasteiger charge is -2.15. The molecule has 0 radical (unpaired) electrons. The quantitative estimate of drug-likeness (QED) is 0.855. The fourth-order valence-electron chi connectivity index (χ4n) is 2.04. The van der Waals surface area contributed by atoms with Gasteiger partial charge in [0, 0.05) is 12.2 Å². The number of benzene rings is 1. The molecule has 0 amide bonds. The number of aromatic nitrogens is 1. The maximum Gasteiger partial charge on any atom is 0.338 e. The van der Waals surface area contributed by atoms with E-state index in [0.29, 0.717) is 0 Å². The zero-order valence-electron chi connectivity index (χ0n) is 11.7. The van der Waals surface area contributed by atoms with Gasteiger partial charge < -0.3 is 10.4 Å². The Hall–Kier alpha value is -2.43. The number of aryl methyl sites for hydroxylation is 1. The summed E-state index contributed by atoms with van der Waals surface area (Å²) in [4.78, 5) is 14.7. The van der Waals surface area contributed by atoms with Gasteiger partial charge in [0.1, 0.15) is 5.56 Å². The number of halogens is 1. The van der Waals surface area contributed by atoms with Crippen LogP contribution >= 0.6 is 0 Å². The predicted octanol–water partition coefficient (Wildman–Crippen LogP) is 3.35. The highest BCUT2D eigenvalue weighted by Gasteiger charge is 2.16. The van der Waals surface area contributed by atoms with Gasteiger partial charge in [0.2, 0.25) is 0 Å². The zero-order valence-corrected chi connectivity index (χ0v) is 11.7. The fraction of sp³-hybridized carbons (Fsp3) is 0.250. The average Bonchev–Trinajstić information content (AvgIpc) is 2.48. The van der Waals surface area contributed by atoms with Crippen LogP contribution in [0.3, 0.4) is 0 Å². The van der Waals surface area contributed by atoms with Crippen molar-refractivity contribution in [2.24, 2.45) is 0 Å². The van der Waals surface area contributed by atoms with Gasteiger partial charge in [0.25, 0.3) is 0 Å². The molecule has 0 saturated heterocycles. The highest BCUT2D eigenvalue weighted by molar-refractivity contribution is 5.88. The van der Waals surface area contributed by atoms with Crippen LogP contribution in [0.5, 0.6) is 0 Å². The number of nitrogens with zero attached hydrogens (tertiary/aromatic N) is 1. The second-order valence-electron chi connectivity index (χ2n) is 4.90. The Morgan fingerprint density at radius 1 is 1.33 bits per heavy atom. The maximum absolute atomic E-state index is 13.9. The molecule has 2 N–H and O–H groups in total. The molecular formula is C16H17FN2O2. The molecule has 0 saturated carbocycles. The van der Waals surface area contributed by atoms with Crippen molar-refractivity contribution in [3.8, 4) is 0 Å². The number of carboxylic acid groups (broad SMARTS) is 1. The van der Waals surface area contributed by atoms with Crippen molar-refractivity contribution in [3.63, 3.8) is 0 Å². The van der Waals surface area contributed by atoms with Crippen molar-refractivity contribution in [1.29, 1.82) is 0 Å². The smallest absolute Gasteiger partial charge is 0.338 e. The molecule has 0 spiro atoms. The topological polar surface area (TPSA) is 62.2 Å². The molecule has 0 aliphatic heterocycles. The molecule has 110 valence electrons. The normalized spacial score (nSPS) is 11.9. The minimum absolute atomic E-state index is 0.0174. The lowest BCUT2D eigenvalue weighted by molar-refractivity contribution is 0.0692. The predicted molar refractivity (Wildman–Crippen MR) is 79.0 cm³/mol. The lowest BCUT2D eigenvalue weighted by Crippen LogP contribution is -2.19. The van der Waals surface area contributed by atoms with Gasteiger partial charge in [-0.15, -0.1) is 0 Å². The van der Waals surface area contributed by atoms with Gasteiger partial charge in [-0.25, -0.2) is 14.2 Å². The highest BCUT2D eigenvalue weighted by atomic mass is 19.1. The third kappa shape index (κ3) is 4.02. The summed E-state index contributed by atoms with van der Waals surface area (Å²) in [5, 5.41) is 11.8. The molecule has 2 rings (SSSR count). The molecule has 2 aromatic rings. The van der Waals surface area contributed by atoms with E-state index in [2.05, 4.69) is 10.3 Å². The molecule has 0 aliphatic rings. The summed E-state index contributed by atoms with van der Waals surface area (Å²) in [5.41, 5.74) is 0.835. The molecule has 5 heteroatoms. The SMILES string of the molecule is CC(CCc1ccccc1)Nc1nccc(C(=O)O)c1F. The largest absolute Gasteiger partial charge is 0.478 e. The van der Waals surface area contributed by atoms with Crippen molar-refractivity contribution >= 4 is 11.8 Å². The number of carboxylic acids is 1. The van der Waals surface area contributed by atoms with Crippen molar-refractivity contribution < 1.29 is 14.3 Å². The van der Waals surface area contributed by atoms with E-state index in [1.165, 1.54) is 11.8 Å². The second-order valence-corrected chi connectivity index (χ2v) is 4.90. The molecule has 0 bridgehead atoms. The first-order chi connectivity index (χ1) is 10.1. The zero-order chi connectivity index (χ0) is 15.2. The maximum atomic E-state index is 13.9. The van der Waals surface area contributed by atoms with Crippen LogP contribution in [0.25, 0.3) is 0 Å². The number of pyridine rings is 1. The Labute approximate surface area is 122 Å². The number of hydrogen-bond acceptors (Lipinski definition) is 3. The Balaban J connectivity index is 1.98. The summed E-state index contributed by atoms with van der Waals surface area (Å²) in [5.74, 6) is -2.14. The molecule has 1 aromatic carbocycles. The van der Waals surface area contributed by atoms with Crippen LogP contribution in [-0.4, -0.2) is 22.1 Å². The minimum Gasteiger partial charge on any atom is -0.478 e. The van der Waals surface area contributed by atoms with Crippen LogP contribution in [0.4, 0.5) is 10.2 Å². The first-order valence-corrected chi connectivity index (χ1v) is 6.76. The van der Waals surface area contributed by atoms with Crippen LogP contribution in [0, 0.1) is 5.82 Å². The van der Waals surface area contributed by atoms with E-state index in [1.54, 1.807) is 0 Å². The monoisotopic (exact) mass is 288 g/mol. The third-order valence-corrected chi connectivity index (χ3v) is 3.21. The van der Waals surface area contributed by atoms with E-state index >= 15 is 0 Å². The first kappa shape index (κ1) is 15.0. The minimum atomic E-state index is -1.30. The molecule has 21 heavy (non-hydrogen) atoms. The molecule has 4 nitrogen and oxygen atoms in total. The Bertz CT molecular complexity index is 617. The van der Waals surface area contributed by atoms with E-state index in [9.17, 15) is 9.18 Å². The van der Waals surface area contributed by atoms with Gasteiger partial charge in [0.15, 0.2) is 11.6 Å². The number of aromatic carboxylic acids is 1. The Kier molecular flexibility index (Phi) is 4.87. The number of hydrogen-bond donors (Lipinski definition) is 2. The summed E-state index contributed by atoms with van der Waals surface area (Å²) in [7, 11) is 0. The summed E-state index contributed by atoms with van der Waals surface area (Å²) in [6.07, 6.45) is 2.94. The van der Waals surface area contributed by atoms with Crippen molar-refractivity contribution in [2.45, 2.75) is 25.8 Å². The van der Waals surface area contributed by atoms with Crippen LogP contribution < -0.4 is 5.32 Å². The van der Waals surface area contributed by atoms with E-state index < -0.39 is 11.8 Å². The highest BCUT2D eigenvalue weighted by Crippen LogP contribution is 2.17. The molecule has 0 fully saturated rings. The van der Waals surface area contributed by atoms with Gasteiger partial charge in [-0.1, -0.05) is 30.3 Å². The van der Waals surface area contributed by atoms with E-state index in [-0.39, 0.29) is 17.4 Å². The van der Waals surface area contributed by atoms with Gasteiger partial charge in [-0.2, -0.15) is 0 Å². The number of anilines is 1. The molecular weight excluding hydrogens is 271 g/mol. The summed E-state index contributed by atoms with van der Waals surface area (Å²) >= 11 is 0. The van der Waals surface area contributed by atoms with E-state index in [4.69, 9.17) is 5.11 Å². The van der Waals surface area contributed by atoms with Crippen molar-refractivity contribution in [2.75, 3.05) is 5.32 Å². The van der Waals surface area contributed by atoms with Gasteiger partial charge in [-0.05, 0) is 31.4 Å². The van der Waals surface area contributed by atoms with Gasteiger partial charge >= 0.3 is 5.97 Å². The number of carbonyl (C=O) groups is 1. The van der Waals surface area contributed by atoms with Crippen molar-refractivity contribution in [1.82, 2.24) is 4.98 Å². The van der Waals surface area contributed by atoms with Crippen LogP contribution in [0.1, 0.15) is 29.3 Å². The number of nitrogens with one attached hydrogen (secondary N) is 1. The average molecular weight is 288 g/mol. The molecule has 0 aliphatic carbocycles. The molecule has 1 heterocycles. The molecule has 1 aromatic heterocycles. The summed E-state index contributed by atoms with van der Waals surface area (Å²) in [6, 6.07) is 11.1.